The zero-order chi connectivity index (χ0) is 6.97. The van der Waals surface area contributed by atoms with Crippen molar-refractivity contribution in [3.63, 3.8) is 0 Å². The van der Waals surface area contributed by atoms with Gasteiger partial charge in [-0.15, -0.1) is 0 Å². The molecule has 2 saturated heterocycles. The van der Waals surface area contributed by atoms with Gasteiger partial charge in [0.05, 0.1) is 19.3 Å². The smallest absolute Gasteiger partial charge is 0.120 e. The van der Waals surface area contributed by atoms with Crippen molar-refractivity contribution in [3.05, 3.63) is 12.3 Å². The van der Waals surface area contributed by atoms with Crippen molar-refractivity contribution in [1.29, 1.82) is 0 Å². The molecule has 0 radical (unpaired) electrons. The molecule has 0 aromatic heterocycles. The minimum Gasteiger partial charge on any atom is -0.384 e. The zero-order valence-electron chi connectivity index (χ0n) is 5.80. The van der Waals surface area contributed by atoms with Crippen LogP contribution in [0.3, 0.4) is 0 Å². The maximum atomic E-state index is 5.02. The fourth-order valence-corrected chi connectivity index (χ4v) is 0.794. The minimum absolute atomic E-state index is 0.277. The molecule has 0 aliphatic carbocycles. The summed E-state index contributed by atoms with van der Waals surface area (Å²) in [6.45, 7) is 6.44. The molecule has 10 heavy (non-hydrogen) atoms. The topological polar surface area (TPSA) is 37.1 Å². The van der Waals surface area contributed by atoms with Crippen molar-refractivity contribution in [2.24, 2.45) is 0 Å². The summed E-state index contributed by atoms with van der Waals surface area (Å²) in [7, 11) is 0. The normalized spacial score (nSPS) is 35.2. The quantitative estimate of drug-likeness (QED) is 0.555. The minimum atomic E-state index is 0.277. The number of ether oxygens (including phenoxy) is 2. The first-order chi connectivity index (χ1) is 4.86. The standard InChI is InChI=1S/C7H11NO2/c1-5(7-4-10-7)8-2-6-3-9-6/h6-8H,1-4H2. The maximum Gasteiger partial charge on any atom is 0.120 e. The van der Waals surface area contributed by atoms with E-state index < -0.39 is 0 Å². The Morgan fingerprint density at radius 1 is 1.50 bits per heavy atom. The highest BCUT2D eigenvalue weighted by molar-refractivity contribution is 5.06. The van der Waals surface area contributed by atoms with Crippen LogP contribution in [0.5, 0.6) is 0 Å². The molecule has 0 spiro atoms. The summed E-state index contributed by atoms with van der Waals surface area (Å²) in [6, 6.07) is 0. The number of rotatable bonds is 4. The fraction of sp³-hybridized carbons (Fsp3) is 0.714. The van der Waals surface area contributed by atoms with Gasteiger partial charge >= 0.3 is 0 Å². The molecule has 2 aliphatic rings. The lowest BCUT2D eigenvalue weighted by atomic mass is 10.3. The molecule has 2 fully saturated rings. The summed E-state index contributed by atoms with van der Waals surface area (Å²) < 4.78 is 10.0. The zero-order valence-corrected chi connectivity index (χ0v) is 5.80. The van der Waals surface area contributed by atoms with E-state index in [0.717, 1.165) is 25.5 Å². The highest BCUT2D eigenvalue weighted by atomic mass is 16.6. The third-order valence-electron chi connectivity index (χ3n) is 1.68. The third-order valence-corrected chi connectivity index (χ3v) is 1.68. The molecule has 2 rings (SSSR count). The van der Waals surface area contributed by atoms with E-state index >= 15 is 0 Å². The summed E-state index contributed by atoms with van der Waals surface area (Å²) >= 11 is 0. The van der Waals surface area contributed by atoms with Crippen LogP contribution in [0.15, 0.2) is 12.3 Å². The van der Waals surface area contributed by atoms with Crippen molar-refractivity contribution in [1.82, 2.24) is 5.32 Å². The van der Waals surface area contributed by atoms with Gasteiger partial charge in [-0.1, -0.05) is 6.58 Å². The van der Waals surface area contributed by atoms with E-state index in [1.165, 1.54) is 0 Å². The van der Waals surface area contributed by atoms with Gasteiger partial charge in [-0.2, -0.15) is 0 Å². The summed E-state index contributed by atoms with van der Waals surface area (Å²) in [5.41, 5.74) is 0.996. The first-order valence-corrected chi connectivity index (χ1v) is 3.52. The highest BCUT2D eigenvalue weighted by Crippen LogP contribution is 2.16. The van der Waals surface area contributed by atoms with Crippen LogP contribution >= 0.6 is 0 Å². The number of hydrogen-bond donors (Lipinski definition) is 1. The fourth-order valence-electron chi connectivity index (χ4n) is 0.794. The Hall–Kier alpha value is -0.540. The lowest BCUT2D eigenvalue weighted by Gasteiger charge is -2.02. The number of nitrogens with one attached hydrogen (secondary N) is 1. The van der Waals surface area contributed by atoms with Gasteiger partial charge < -0.3 is 14.8 Å². The van der Waals surface area contributed by atoms with Crippen molar-refractivity contribution in [2.75, 3.05) is 19.8 Å². The van der Waals surface area contributed by atoms with Gasteiger partial charge in [-0.25, -0.2) is 0 Å². The van der Waals surface area contributed by atoms with E-state index in [4.69, 9.17) is 9.47 Å². The molecule has 56 valence electrons. The Kier molecular flexibility index (Phi) is 1.39. The van der Waals surface area contributed by atoms with E-state index in [0.29, 0.717) is 6.10 Å². The van der Waals surface area contributed by atoms with Crippen LogP contribution in [0.4, 0.5) is 0 Å². The first-order valence-electron chi connectivity index (χ1n) is 3.52. The molecule has 0 bridgehead atoms. The molecule has 2 atom stereocenters. The number of epoxide rings is 2. The summed E-state index contributed by atoms with van der Waals surface area (Å²) in [5.74, 6) is 0. The van der Waals surface area contributed by atoms with Crippen LogP contribution in [-0.2, 0) is 9.47 Å². The SMILES string of the molecule is C=C(NCC1CO1)C1CO1. The Morgan fingerprint density at radius 3 is 2.70 bits per heavy atom. The van der Waals surface area contributed by atoms with E-state index in [2.05, 4.69) is 11.9 Å². The van der Waals surface area contributed by atoms with Crippen LogP contribution in [-0.4, -0.2) is 32.0 Å². The van der Waals surface area contributed by atoms with Crippen molar-refractivity contribution < 1.29 is 9.47 Å². The molecule has 2 aliphatic heterocycles. The molecule has 3 nitrogen and oxygen atoms in total. The van der Waals surface area contributed by atoms with Gasteiger partial charge in [-0.05, 0) is 0 Å². The molecule has 1 N–H and O–H groups in total. The first kappa shape index (κ1) is 6.19. The van der Waals surface area contributed by atoms with Crippen LogP contribution in [0.1, 0.15) is 0 Å². The predicted octanol–water partition coefficient (Wildman–Crippen LogP) is -0.113. The van der Waals surface area contributed by atoms with Crippen molar-refractivity contribution in [2.45, 2.75) is 12.2 Å². The van der Waals surface area contributed by atoms with Crippen LogP contribution in [0, 0.1) is 0 Å². The summed E-state index contributed by atoms with van der Waals surface area (Å²) in [6.07, 6.45) is 0.703. The van der Waals surface area contributed by atoms with E-state index in [1.807, 2.05) is 0 Å². The van der Waals surface area contributed by atoms with E-state index in [9.17, 15) is 0 Å². The molecule has 0 amide bonds. The van der Waals surface area contributed by atoms with Crippen LogP contribution < -0.4 is 5.32 Å². The van der Waals surface area contributed by atoms with Crippen molar-refractivity contribution in [3.8, 4) is 0 Å². The van der Waals surface area contributed by atoms with Gasteiger partial charge in [-0.3, -0.25) is 0 Å². The average molecular weight is 141 g/mol. The largest absolute Gasteiger partial charge is 0.384 e. The van der Waals surface area contributed by atoms with Crippen molar-refractivity contribution >= 4 is 0 Å². The maximum absolute atomic E-state index is 5.02. The average Bonchev–Trinajstić information content (AvgIpc) is 2.76. The Balaban J connectivity index is 1.63. The monoisotopic (exact) mass is 141 g/mol. The predicted molar refractivity (Wildman–Crippen MR) is 36.6 cm³/mol. The molecule has 2 unspecified atom stereocenters. The van der Waals surface area contributed by atoms with Gasteiger partial charge in [0, 0.05) is 12.2 Å². The molecular weight excluding hydrogens is 130 g/mol. The molecule has 0 saturated carbocycles. The Labute approximate surface area is 60.0 Å². The van der Waals surface area contributed by atoms with Gasteiger partial charge in [0.2, 0.25) is 0 Å². The summed E-state index contributed by atoms with van der Waals surface area (Å²) in [4.78, 5) is 0. The second-order valence-electron chi connectivity index (χ2n) is 2.68. The van der Waals surface area contributed by atoms with Gasteiger partial charge in [0.1, 0.15) is 6.10 Å². The third kappa shape index (κ3) is 1.49. The molecule has 0 aromatic carbocycles. The summed E-state index contributed by atoms with van der Waals surface area (Å²) in [5, 5.41) is 3.16. The van der Waals surface area contributed by atoms with Gasteiger partial charge in [0.25, 0.3) is 0 Å². The Morgan fingerprint density at radius 2 is 2.20 bits per heavy atom. The highest BCUT2D eigenvalue weighted by Gasteiger charge is 2.28. The van der Waals surface area contributed by atoms with E-state index in [-0.39, 0.29) is 6.10 Å². The van der Waals surface area contributed by atoms with E-state index in [1.54, 1.807) is 0 Å². The lowest BCUT2D eigenvalue weighted by molar-refractivity contribution is 0.392. The Bertz CT molecular complexity index is 150. The molecule has 3 heteroatoms. The second kappa shape index (κ2) is 2.25. The van der Waals surface area contributed by atoms with Crippen LogP contribution in [0.2, 0.25) is 0 Å². The molecule has 2 heterocycles. The number of hydrogen-bond acceptors (Lipinski definition) is 3. The second-order valence-corrected chi connectivity index (χ2v) is 2.68. The van der Waals surface area contributed by atoms with Gasteiger partial charge in [0.15, 0.2) is 0 Å². The van der Waals surface area contributed by atoms with Crippen LogP contribution in [0.25, 0.3) is 0 Å². The lowest BCUT2D eigenvalue weighted by Crippen LogP contribution is -2.21. The molecule has 0 aromatic rings. The molecular formula is C7H11NO2.